The summed E-state index contributed by atoms with van der Waals surface area (Å²) in [6, 6.07) is 6.92. The third-order valence-corrected chi connectivity index (χ3v) is 3.71. The summed E-state index contributed by atoms with van der Waals surface area (Å²) in [5.74, 6) is 0. The minimum Gasteiger partial charge on any atom is -0.380 e. The van der Waals surface area contributed by atoms with E-state index in [0.717, 1.165) is 25.9 Å². The molecule has 1 fully saturated rings. The molecular formula is C15H24N2O. The number of methoxy groups -OCH3 is 1. The van der Waals surface area contributed by atoms with Gasteiger partial charge in [0.25, 0.3) is 0 Å². The van der Waals surface area contributed by atoms with E-state index in [9.17, 15) is 0 Å². The average Bonchev–Trinajstić information content (AvgIpc) is 2.80. The Morgan fingerprint density at radius 2 is 2.28 bits per heavy atom. The van der Waals surface area contributed by atoms with Crippen LogP contribution in [-0.2, 0) is 11.2 Å². The number of nitrogens with two attached hydrogens (primary N) is 1. The standard InChI is InChI=1S/C15H24N2O/c1-11-8-14(5-4-13(11)9-12(2)16)17-7-6-15(10-17)18-3/h4-5,8,12,15H,6-7,9-10,16H2,1-3H3. The van der Waals surface area contributed by atoms with Gasteiger partial charge < -0.3 is 15.4 Å². The third kappa shape index (κ3) is 3.03. The SMILES string of the molecule is COC1CCN(c2ccc(CC(C)N)c(C)c2)C1. The van der Waals surface area contributed by atoms with Crippen molar-refractivity contribution >= 4 is 5.69 Å². The van der Waals surface area contributed by atoms with Gasteiger partial charge in [-0.25, -0.2) is 0 Å². The molecule has 3 nitrogen and oxygen atoms in total. The van der Waals surface area contributed by atoms with E-state index in [0.29, 0.717) is 6.10 Å². The highest BCUT2D eigenvalue weighted by molar-refractivity contribution is 5.51. The van der Waals surface area contributed by atoms with E-state index in [1.807, 2.05) is 0 Å². The maximum atomic E-state index is 5.86. The smallest absolute Gasteiger partial charge is 0.0762 e. The van der Waals surface area contributed by atoms with Gasteiger partial charge in [0, 0.05) is 31.9 Å². The zero-order chi connectivity index (χ0) is 13.1. The van der Waals surface area contributed by atoms with E-state index >= 15 is 0 Å². The van der Waals surface area contributed by atoms with Crippen molar-refractivity contribution in [3.63, 3.8) is 0 Å². The van der Waals surface area contributed by atoms with Gasteiger partial charge in [-0.15, -0.1) is 0 Å². The van der Waals surface area contributed by atoms with Crippen molar-refractivity contribution in [1.82, 2.24) is 0 Å². The molecule has 0 saturated carbocycles. The quantitative estimate of drug-likeness (QED) is 0.887. The monoisotopic (exact) mass is 248 g/mol. The molecule has 1 aromatic rings. The number of aryl methyl sites for hydroxylation is 1. The second-order valence-corrected chi connectivity index (χ2v) is 5.38. The molecule has 0 spiro atoms. The molecule has 1 heterocycles. The maximum absolute atomic E-state index is 5.86. The first-order chi connectivity index (χ1) is 8.60. The molecule has 18 heavy (non-hydrogen) atoms. The van der Waals surface area contributed by atoms with E-state index in [-0.39, 0.29) is 6.04 Å². The maximum Gasteiger partial charge on any atom is 0.0762 e. The van der Waals surface area contributed by atoms with E-state index in [1.165, 1.54) is 16.8 Å². The second-order valence-electron chi connectivity index (χ2n) is 5.38. The number of rotatable bonds is 4. The summed E-state index contributed by atoms with van der Waals surface area (Å²) in [5.41, 5.74) is 9.86. The Kier molecular flexibility index (Phi) is 4.25. The molecule has 2 atom stereocenters. The lowest BCUT2D eigenvalue weighted by Gasteiger charge is -2.20. The van der Waals surface area contributed by atoms with Crippen LogP contribution in [0.15, 0.2) is 18.2 Å². The van der Waals surface area contributed by atoms with Crippen LogP contribution >= 0.6 is 0 Å². The molecule has 0 aromatic heterocycles. The summed E-state index contributed by atoms with van der Waals surface area (Å²) >= 11 is 0. The summed E-state index contributed by atoms with van der Waals surface area (Å²) in [6.07, 6.45) is 2.46. The molecule has 3 heteroatoms. The fourth-order valence-corrected chi connectivity index (χ4v) is 2.61. The van der Waals surface area contributed by atoms with Crippen molar-refractivity contribution < 1.29 is 4.74 Å². The van der Waals surface area contributed by atoms with E-state index in [4.69, 9.17) is 10.5 Å². The average molecular weight is 248 g/mol. The van der Waals surface area contributed by atoms with Crippen molar-refractivity contribution in [3.05, 3.63) is 29.3 Å². The normalized spacial score (nSPS) is 21.3. The number of anilines is 1. The summed E-state index contributed by atoms with van der Waals surface area (Å²) in [6.45, 7) is 6.31. The number of ether oxygens (including phenoxy) is 1. The Morgan fingerprint density at radius 3 is 2.83 bits per heavy atom. The summed E-state index contributed by atoms with van der Waals surface area (Å²) in [4.78, 5) is 2.40. The van der Waals surface area contributed by atoms with Crippen molar-refractivity contribution in [2.24, 2.45) is 5.73 Å². The fraction of sp³-hybridized carbons (Fsp3) is 0.600. The van der Waals surface area contributed by atoms with Crippen LogP contribution in [0.4, 0.5) is 5.69 Å². The first kappa shape index (κ1) is 13.4. The molecule has 1 aromatic carbocycles. The van der Waals surface area contributed by atoms with Gasteiger partial charge in [0.1, 0.15) is 0 Å². The van der Waals surface area contributed by atoms with Crippen LogP contribution in [0.2, 0.25) is 0 Å². The van der Waals surface area contributed by atoms with Crippen molar-refractivity contribution in [1.29, 1.82) is 0 Å². The molecule has 2 unspecified atom stereocenters. The van der Waals surface area contributed by atoms with E-state index in [2.05, 4.69) is 36.9 Å². The molecule has 0 bridgehead atoms. The van der Waals surface area contributed by atoms with Crippen LogP contribution in [0.25, 0.3) is 0 Å². The van der Waals surface area contributed by atoms with Crippen LogP contribution in [0.5, 0.6) is 0 Å². The lowest BCUT2D eigenvalue weighted by atomic mass is 10.0. The molecule has 1 aliphatic heterocycles. The predicted octanol–water partition coefficient (Wildman–Crippen LogP) is 2.11. The van der Waals surface area contributed by atoms with Crippen LogP contribution in [0.1, 0.15) is 24.5 Å². The first-order valence-electron chi connectivity index (χ1n) is 6.73. The predicted molar refractivity (Wildman–Crippen MR) is 76.2 cm³/mol. The molecule has 100 valence electrons. The van der Waals surface area contributed by atoms with Crippen LogP contribution in [0, 0.1) is 6.92 Å². The fourth-order valence-electron chi connectivity index (χ4n) is 2.61. The van der Waals surface area contributed by atoms with Gasteiger partial charge in [-0.3, -0.25) is 0 Å². The van der Waals surface area contributed by atoms with Crippen LogP contribution in [-0.4, -0.2) is 32.3 Å². The number of nitrogens with zero attached hydrogens (tertiary/aromatic N) is 1. The Morgan fingerprint density at radius 1 is 1.50 bits per heavy atom. The lowest BCUT2D eigenvalue weighted by Crippen LogP contribution is -2.22. The molecule has 0 radical (unpaired) electrons. The topological polar surface area (TPSA) is 38.5 Å². The number of benzene rings is 1. The van der Waals surface area contributed by atoms with Crippen LogP contribution < -0.4 is 10.6 Å². The van der Waals surface area contributed by atoms with E-state index in [1.54, 1.807) is 7.11 Å². The molecule has 0 aliphatic carbocycles. The minimum atomic E-state index is 0.221. The van der Waals surface area contributed by atoms with Gasteiger partial charge in [0.2, 0.25) is 0 Å². The van der Waals surface area contributed by atoms with Gasteiger partial charge in [0.15, 0.2) is 0 Å². The first-order valence-corrected chi connectivity index (χ1v) is 6.73. The minimum absolute atomic E-state index is 0.221. The van der Waals surface area contributed by atoms with Gasteiger partial charge in [-0.1, -0.05) is 6.07 Å². The second kappa shape index (κ2) is 5.72. The zero-order valence-electron chi connectivity index (χ0n) is 11.6. The molecule has 1 aliphatic rings. The third-order valence-electron chi connectivity index (χ3n) is 3.71. The zero-order valence-corrected chi connectivity index (χ0v) is 11.6. The number of hydrogen-bond donors (Lipinski definition) is 1. The Hall–Kier alpha value is -1.06. The summed E-state index contributed by atoms with van der Waals surface area (Å²) < 4.78 is 5.41. The Balaban J connectivity index is 2.09. The molecule has 2 N–H and O–H groups in total. The van der Waals surface area contributed by atoms with Crippen molar-refractivity contribution in [2.45, 2.75) is 38.8 Å². The highest BCUT2D eigenvalue weighted by atomic mass is 16.5. The Bertz CT molecular complexity index is 403. The van der Waals surface area contributed by atoms with Gasteiger partial charge in [-0.2, -0.15) is 0 Å². The Labute approximate surface area is 110 Å². The van der Waals surface area contributed by atoms with Crippen LogP contribution in [0.3, 0.4) is 0 Å². The highest BCUT2D eigenvalue weighted by Gasteiger charge is 2.22. The highest BCUT2D eigenvalue weighted by Crippen LogP contribution is 2.24. The van der Waals surface area contributed by atoms with Crippen molar-refractivity contribution in [2.75, 3.05) is 25.1 Å². The summed E-state index contributed by atoms with van der Waals surface area (Å²) in [7, 11) is 1.80. The lowest BCUT2D eigenvalue weighted by molar-refractivity contribution is 0.121. The largest absolute Gasteiger partial charge is 0.380 e. The molecule has 0 amide bonds. The van der Waals surface area contributed by atoms with Gasteiger partial charge >= 0.3 is 0 Å². The van der Waals surface area contributed by atoms with Gasteiger partial charge in [0.05, 0.1) is 6.10 Å². The molecule has 2 rings (SSSR count). The summed E-state index contributed by atoms with van der Waals surface area (Å²) in [5, 5.41) is 0. The van der Waals surface area contributed by atoms with Crippen molar-refractivity contribution in [3.8, 4) is 0 Å². The van der Waals surface area contributed by atoms with E-state index < -0.39 is 0 Å². The molecule has 1 saturated heterocycles. The molecular weight excluding hydrogens is 224 g/mol. The number of hydrogen-bond acceptors (Lipinski definition) is 3. The van der Waals surface area contributed by atoms with Gasteiger partial charge in [-0.05, 0) is 49.9 Å².